The molecule has 2 nitrogen and oxygen atoms in total. The molecule has 0 bridgehead atoms. The molecule has 1 saturated heterocycles. The van der Waals surface area contributed by atoms with Gasteiger partial charge in [-0.25, -0.2) is 8.78 Å². The van der Waals surface area contributed by atoms with Crippen LogP contribution in [0.3, 0.4) is 0 Å². The lowest BCUT2D eigenvalue weighted by molar-refractivity contribution is -0.119. The minimum atomic E-state index is -0.601. The summed E-state index contributed by atoms with van der Waals surface area (Å²) >= 11 is 0. The maximum atomic E-state index is 13.2. The van der Waals surface area contributed by atoms with Gasteiger partial charge in [-0.1, -0.05) is 6.07 Å². The lowest BCUT2D eigenvalue weighted by Gasteiger charge is -2.10. The minimum Gasteiger partial charge on any atom is -0.349 e. The van der Waals surface area contributed by atoms with Gasteiger partial charge in [0.1, 0.15) is 11.6 Å². The molecule has 74 valence electrons. The Balaban J connectivity index is 2.28. The summed E-state index contributed by atoms with van der Waals surface area (Å²) in [6.07, 6.45) is 0.975. The minimum absolute atomic E-state index is 0.0845. The number of benzene rings is 1. The van der Waals surface area contributed by atoms with Crippen molar-refractivity contribution in [3.8, 4) is 0 Å². The summed E-state index contributed by atoms with van der Waals surface area (Å²) in [6, 6.07) is 3.10. The molecule has 1 heterocycles. The Bertz CT molecular complexity index is 378. The molecule has 1 atom stereocenters. The molecular weight excluding hydrogens is 188 g/mol. The molecule has 1 N–H and O–H groups in total. The van der Waals surface area contributed by atoms with Crippen LogP contribution in [0.4, 0.5) is 8.78 Å². The number of carbonyl (C=O) groups excluding carboxylic acids is 1. The van der Waals surface area contributed by atoms with Crippen molar-refractivity contribution in [3.05, 3.63) is 35.4 Å². The van der Waals surface area contributed by atoms with E-state index < -0.39 is 11.6 Å². The van der Waals surface area contributed by atoms with Crippen molar-refractivity contribution in [1.29, 1.82) is 0 Å². The van der Waals surface area contributed by atoms with E-state index in [4.69, 9.17) is 0 Å². The van der Waals surface area contributed by atoms with Crippen molar-refractivity contribution in [2.75, 3.05) is 0 Å². The highest BCUT2D eigenvalue weighted by Crippen LogP contribution is 2.26. The molecule has 0 unspecified atom stereocenters. The zero-order chi connectivity index (χ0) is 10.1. The molecule has 1 fully saturated rings. The Labute approximate surface area is 79.9 Å². The van der Waals surface area contributed by atoms with E-state index in [9.17, 15) is 13.6 Å². The van der Waals surface area contributed by atoms with Gasteiger partial charge >= 0.3 is 0 Å². The lowest BCUT2D eigenvalue weighted by Crippen LogP contribution is -2.19. The molecule has 0 radical (unpaired) electrons. The van der Waals surface area contributed by atoms with Crippen LogP contribution in [0, 0.1) is 11.6 Å². The Hall–Kier alpha value is -1.45. The SMILES string of the molecule is O=C1CC[C@H](c2ccc(F)cc2F)N1. The Kier molecular flexibility index (Phi) is 2.19. The predicted octanol–water partition coefficient (Wildman–Crippen LogP) is 1.92. The summed E-state index contributed by atoms with van der Waals surface area (Å²) in [5, 5.41) is 2.63. The van der Waals surface area contributed by atoms with Crippen LogP contribution in [-0.4, -0.2) is 5.91 Å². The van der Waals surface area contributed by atoms with Crippen molar-refractivity contribution in [1.82, 2.24) is 5.32 Å². The zero-order valence-electron chi connectivity index (χ0n) is 7.39. The number of amides is 1. The first-order valence-electron chi connectivity index (χ1n) is 4.41. The third kappa shape index (κ3) is 1.60. The summed E-state index contributed by atoms with van der Waals surface area (Å²) in [5.41, 5.74) is 0.359. The maximum absolute atomic E-state index is 13.2. The molecule has 0 spiro atoms. The van der Waals surface area contributed by atoms with Crippen LogP contribution in [0.1, 0.15) is 24.4 Å². The second kappa shape index (κ2) is 3.36. The van der Waals surface area contributed by atoms with Gasteiger partial charge in [0.05, 0.1) is 6.04 Å². The average molecular weight is 197 g/mol. The first-order valence-corrected chi connectivity index (χ1v) is 4.41. The van der Waals surface area contributed by atoms with Crippen molar-refractivity contribution in [2.24, 2.45) is 0 Å². The second-order valence-electron chi connectivity index (χ2n) is 3.32. The lowest BCUT2D eigenvalue weighted by atomic mass is 10.0. The quantitative estimate of drug-likeness (QED) is 0.732. The van der Waals surface area contributed by atoms with Crippen LogP contribution < -0.4 is 5.32 Å². The fraction of sp³-hybridized carbons (Fsp3) is 0.300. The predicted molar refractivity (Wildman–Crippen MR) is 46.5 cm³/mol. The first-order chi connectivity index (χ1) is 6.66. The Morgan fingerprint density at radius 2 is 2.14 bits per heavy atom. The van der Waals surface area contributed by atoms with Crippen molar-refractivity contribution in [3.63, 3.8) is 0 Å². The molecule has 0 aromatic heterocycles. The molecule has 1 aromatic carbocycles. The van der Waals surface area contributed by atoms with Gasteiger partial charge < -0.3 is 5.32 Å². The number of halogens is 2. The van der Waals surface area contributed by atoms with Crippen LogP contribution in [0.2, 0.25) is 0 Å². The number of hydrogen-bond acceptors (Lipinski definition) is 1. The summed E-state index contributed by atoms with van der Waals surface area (Å²) in [7, 11) is 0. The van der Waals surface area contributed by atoms with Gasteiger partial charge in [0.2, 0.25) is 5.91 Å². The average Bonchev–Trinajstić information content (AvgIpc) is 2.51. The standard InChI is InChI=1S/C10H9F2NO/c11-6-1-2-7(8(12)5-6)9-3-4-10(14)13-9/h1-2,5,9H,3-4H2,(H,13,14)/t9-/m1/s1. The van der Waals surface area contributed by atoms with Crippen LogP contribution in [0.25, 0.3) is 0 Å². The van der Waals surface area contributed by atoms with E-state index in [1.54, 1.807) is 0 Å². The maximum Gasteiger partial charge on any atom is 0.220 e. The van der Waals surface area contributed by atoms with Crippen molar-refractivity contribution in [2.45, 2.75) is 18.9 Å². The van der Waals surface area contributed by atoms with Crippen LogP contribution >= 0.6 is 0 Å². The van der Waals surface area contributed by atoms with E-state index in [-0.39, 0.29) is 11.9 Å². The molecule has 0 aliphatic carbocycles. The molecule has 1 amide bonds. The first kappa shape index (κ1) is 9.12. The highest BCUT2D eigenvalue weighted by Gasteiger charge is 2.24. The summed E-state index contributed by atoms with van der Waals surface area (Å²) < 4.78 is 25.8. The van der Waals surface area contributed by atoms with Crippen LogP contribution in [-0.2, 0) is 4.79 Å². The number of hydrogen-bond donors (Lipinski definition) is 1. The molecule has 4 heteroatoms. The molecular formula is C10H9F2NO. The van der Waals surface area contributed by atoms with E-state index >= 15 is 0 Å². The second-order valence-corrected chi connectivity index (χ2v) is 3.32. The van der Waals surface area contributed by atoms with E-state index in [2.05, 4.69) is 5.32 Å². The van der Waals surface area contributed by atoms with Gasteiger partial charge in [-0.2, -0.15) is 0 Å². The van der Waals surface area contributed by atoms with E-state index in [0.717, 1.165) is 6.07 Å². The largest absolute Gasteiger partial charge is 0.349 e. The van der Waals surface area contributed by atoms with Crippen molar-refractivity contribution >= 4 is 5.91 Å². The van der Waals surface area contributed by atoms with Crippen molar-refractivity contribution < 1.29 is 13.6 Å². The molecule has 1 aliphatic rings. The Morgan fingerprint density at radius 1 is 1.36 bits per heavy atom. The smallest absolute Gasteiger partial charge is 0.220 e. The van der Waals surface area contributed by atoms with Gasteiger partial charge in [0.15, 0.2) is 0 Å². The molecule has 1 aromatic rings. The Morgan fingerprint density at radius 3 is 2.71 bits per heavy atom. The van der Waals surface area contributed by atoms with Gasteiger partial charge in [-0.15, -0.1) is 0 Å². The van der Waals surface area contributed by atoms with Gasteiger partial charge in [0, 0.05) is 18.1 Å². The normalized spacial score (nSPS) is 21.0. The molecule has 1 aliphatic heterocycles. The summed E-state index contributed by atoms with van der Waals surface area (Å²) in [6.45, 7) is 0. The fourth-order valence-corrected chi connectivity index (χ4v) is 1.63. The number of rotatable bonds is 1. The summed E-state index contributed by atoms with van der Waals surface area (Å²) in [5.74, 6) is -1.29. The summed E-state index contributed by atoms with van der Waals surface area (Å²) in [4.78, 5) is 10.9. The number of carbonyl (C=O) groups is 1. The van der Waals surface area contributed by atoms with Gasteiger partial charge in [-0.05, 0) is 12.5 Å². The third-order valence-corrected chi connectivity index (χ3v) is 2.33. The van der Waals surface area contributed by atoms with Crippen LogP contribution in [0.5, 0.6) is 0 Å². The van der Waals surface area contributed by atoms with E-state index in [1.165, 1.54) is 12.1 Å². The van der Waals surface area contributed by atoms with Gasteiger partial charge in [-0.3, -0.25) is 4.79 Å². The highest BCUT2D eigenvalue weighted by molar-refractivity contribution is 5.78. The molecule has 14 heavy (non-hydrogen) atoms. The van der Waals surface area contributed by atoms with E-state index in [1.807, 2.05) is 0 Å². The molecule has 0 saturated carbocycles. The number of nitrogens with one attached hydrogen (secondary N) is 1. The van der Waals surface area contributed by atoms with E-state index in [0.29, 0.717) is 18.4 Å². The third-order valence-electron chi connectivity index (χ3n) is 2.33. The highest BCUT2D eigenvalue weighted by atomic mass is 19.1. The fourth-order valence-electron chi connectivity index (χ4n) is 1.63. The molecule has 2 rings (SSSR count). The zero-order valence-corrected chi connectivity index (χ0v) is 7.39. The monoisotopic (exact) mass is 197 g/mol. The topological polar surface area (TPSA) is 29.1 Å². The van der Waals surface area contributed by atoms with Gasteiger partial charge in [0.25, 0.3) is 0 Å². The van der Waals surface area contributed by atoms with Crippen LogP contribution in [0.15, 0.2) is 18.2 Å².